The van der Waals surface area contributed by atoms with Crippen LogP contribution >= 0.6 is 0 Å². The minimum Gasteiger partial charge on any atom is -0.356 e. The summed E-state index contributed by atoms with van der Waals surface area (Å²) in [4.78, 5) is 11.4. The highest BCUT2D eigenvalue weighted by molar-refractivity contribution is 5.75. The quantitative estimate of drug-likeness (QED) is 0.718. The number of amides is 1. The molecule has 0 fully saturated rings. The zero-order chi connectivity index (χ0) is 13.9. The van der Waals surface area contributed by atoms with Crippen molar-refractivity contribution in [3.05, 3.63) is 35.9 Å². The highest BCUT2D eigenvalue weighted by atomic mass is 16.1. The first kappa shape index (κ1) is 15.7. The molecule has 1 aromatic carbocycles. The zero-order valence-corrected chi connectivity index (χ0v) is 12.1. The van der Waals surface area contributed by atoms with Crippen molar-refractivity contribution in [2.45, 2.75) is 45.6 Å². The van der Waals surface area contributed by atoms with E-state index in [9.17, 15) is 4.79 Å². The monoisotopic (exact) mass is 262 g/mol. The molecule has 3 heteroatoms. The molecule has 0 aliphatic carbocycles. The SMILES string of the molecule is CCCNC(=O)CCNC(C)CCc1ccccc1. The Bertz CT molecular complexity index is 351. The fourth-order valence-corrected chi connectivity index (χ4v) is 1.91. The summed E-state index contributed by atoms with van der Waals surface area (Å²) in [5.74, 6) is 0.143. The summed E-state index contributed by atoms with van der Waals surface area (Å²) in [5, 5.41) is 6.28. The third-order valence-corrected chi connectivity index (χ3v) is 3.13. The van der Waals surface area contributed by atoms with Crippen LogP contribution in [-0.2, 0) is 11.2 Å². The third-order valence-electron chi connectivity index (χ3n) is 3.13. The molecule has 3 nitrogen and oxygen atoms in total. The van der Waals surface area contributed by atoms with Crippen LogP contribution < -0.4 is 10.6 Å². The Balaban J connectivity index is 2.08. The molecule has 1 aromatic rings. The first-order valence-corrected chi connectivity index (χ1v) is 7.26. The first-order valence-electron chi connectivity index (χ1n) is 7.26. The molecule has 19 heavy (non-hydrogen) atoms. The van der Waals surface area contributed by atoms with E-state index in [1.165, 1.54) is 5.56 Å². The summed E-state index contributed by atoms with van der Waals surface area (Å²) in [7, 11) is 0. The number of nitrogens with one attached hydrogen (secondary N) is 2. The summed E-state index contributed by atoms with van der Waals surface area (Å²) in [6, 6.07) is 11.0. The summed E-state index contributed by atoms with van der Waals surface area (Å²) in [5.41, 5.74) is 1.37. The maximum absolute atomic E-state index is 11.4. The van der Waals surface area contributed by atoms with E-state index >= 15 is 0 Å². The Morgan fingerprint density at radius 3 is 2.63 bits per heavy atom. The maximum atomic E-state index is 11.4. The zero-order valence-electron chi connectivity index (χ0n) is 12.1. The van der Waals surface area contributed by atoms with Gasteiger partial charge in [0.2, 0.25) is 5.91 Å². The molecule has 0 saturated carbocycles. The molecule has 0 spiro atoms. The van der Waals surface area contributed by atoms with Crippen LogP contribution in [0, 0.1) is 0 Å². The van der Waals surface area contributed by atoms with E-state index in [2.05, 4.69) is 48.7 Å². The fraction of sp³-hybridized carbons (Fsp3) is 0.562. The van der Waals surface area contributed by atoms with Crippen LogP contribution in [0.3, 0.4) is 0 Å². The Morgan fingerprint density at radius 1 is 1.21 bits per heavy atom. The largest absolute Gasteiger partial charge is 0.356 e. The van der Waals surface area contributed by atoms with Gasteiger partial charge in [0.05, 0.1) is 0 Å². The Labute approximate surface area is 116 Å². The van der Waals surface area contributed by atoms with Crippen LogP contribution in [0.4, 0.5) is 0 Å². The van der Waals surface area contributed by atoms with Gasteiger partial charge in [0, 0.05) is 25.6 Å². The van der Waals surface area contributed by atoms with Gasteiger partial charge in [-0.1, -0.05) is 37.3 Å². The van der Waals surface area contributed by atoms with E-state index in [0.29, 0.717) is 12.5 Å². The van der Waals surface area contributed by atoms with Gasteiger partial charge in [-0.25, -0.2) is 0 Å². The lowest BCUT2D eigenvalue weighted by molar-refractivity contribution is -0.121. The van der Waals surface area contributed by atoms with Crippen molar-refractivity contribution in [2.24, 2.45) is 0 Å². The third kappa shape index (κ3) is 7.62. The molecule has 106 valence electrons. The predicted octanol–water partition coefficient (Wildman–Crippen LogP) is 2.51. The molecule has 0 bridgehead atoms. The Morgan fingerprint density at radius 2 is 1.95 bits per heavy atom. The summed E-state index contributed by atoms with van der Waals surface area (Å²) in [6.07, 6.45) is 3.74. The van der Waals surface area contributed by atoms with Crippen molar-refractivity contribution < 1.29 is 4.79 Å². The van der Waals surface area contributed by atoms with Gasteiger partial charge in [-0.3, -0.25) is 4.79 Å². The van der Waals surface area contributed by atoms with Crippen LogP contribution in [0.2, 0.25) is 0 Å². The fourth-order valence-electron chi connectivity index (χ4n) is 1.91. The smallest absolute Gasteiger partial charge is 0.221 e. The minimum atomic E-state index is 0.143. The van der Waals surface area contributed by atoms with E-state index in [1.807, 2.05) is 6.07 Å². The first-order chi connectivity index (χ1) is 9.22. The van der Waals surface area contributed by atoms with Gasteiger partial charge in [0.25, 0.3) is 0 Å². The normalized spacial score (nSPS) is 12.1. The van der Waals surface area contributed by atoms with Crippen molar-refractivity contribution in [1.29, 1.82) is 0 Å². The number of benzene rings is 1. The summed E-state index contributed by atoms with van der Waals surface area (Å²) in [6.45, 7) is 5.77. The second-order valence-corrected chi connectivity index (χ2v) is 4.98. The van der Waals surface area contributed by atoms with Crippen molar-refractivity contribution >= 4 is 5.91 Å². The molecule has 0 aromatic heterocycles. The van der Waals surface area contributed by atoms with Gasteiger partial charge >= 0.3 is 0 Å². The number of hydrogen-bond donors (Lipinski definition) is 2. The van der Waals surface area contributed by atoms with Gasteiger partial charge in [-0.15, -0.1) is 0 Å². The topological polar surface area (TPSA) is 41.1 Å². The van der Waals surface area contributed by atoms with E-state index in [0.717, 1.165) is 32.4 Å². The number of carbonyl (C=O) groups excluding carboxylic acids is 1. The lowest BCUT2D eigenvalue weighted by atomic mass is 10.1. The van der Waals surface area contributed by atoms with Gasteiger partial charge in [0.15, 0.2) is 0 Å². The van der Waals surface area contributed by atoms with Crippen molar-refractivity contribution in [3.63, 3.8) is 0 Å². The molecule has 0 saturated heterocycles. The number of hydrogen-bond acceptors (Lipinski definition) is 2. The molecule has 1 atom stereocenters. The molecule has 1 unspecified atom stereocenters. The van der Waals surface area contributed by atoms with Gasteiger partial charge in [-0.05, 0) is 31.7 Å². The Kier molecular flexibility index (Phi) is 7.91. The van der Waals surface area contributed by atoms with Gasteiger partial charge in [0.1, 0.15) is 0 Å². The molecule has 1 rings (SSSR count). The van der Waals surface area contributed by atoms with Crippen LogP contribution in [0.15, 0.2) is 30.3 Å². The summed E-state index contributed by atoms with van der Waals surface area (Å²) < 4.78 is 0. The average molecular weight is 262 g/mol. The van der Waals surface area contributed by atoms with Crippen LogP contribution in [0.1, 0.15) is 38.7 Å². The second-order valence-electron chi connectivity index (χ2n) is 4.98. The van der Waals surface area contributed by atoms with E-state index < -0.39 is 0 Å². The van der Waals surface area contributed by atoms with E-state index in [4.69, 9.17) is 0 Å². The summed E-state index contributed by atoms with van der Waals surface area (Å²) >= 11 is 0. The molecule has 0 radical (unpaired) electrons. The number of rotatable bonds is 9. The molecule has 1 amide bonds. The van der Waals surface area contributed by atoms with Crippen LogP contribution in [0.5, 0.6) is 0 Å². The van der Waals surface area contributed by atoms with Crippen LogP contribution in [0.25, 0.3) is 0 Å². The van der Waals surface area contributed by atoms with E-state index in [-0.39, 0.29) is 5.91 Å². The van der Waals surface area contributed by atoms with E-state index in [1.54, 1.807) is 0 Å². The minimum absolute atomic E-state index is 0.143. The predicted molar refractivity (Wildman–Crippen MR) is 80.1 cm³/mol. The molecule has 2 N–H and O–H groups in total. The van der Waals surface area contributed by atoms with Crippen molar-refractivity contribution in [2.75, 3.05) is 13.1 Å². The highest BCUT2D eigenvalue weighted by Crippen LogP contribution is 2.04. The number of carbonyl (C=O) groups is 1. The van der Waals surface area contributed by atoms with Crippen molar-refractivity contribution in [3.8, 4) is 0 Å². The highest BCUT2D eigenvalue weighted by Gasteiger charge is 2.04. The molecule has 0 aliphatic rings. The second kappa shape index (κ2) is 9.56. The molecular formula is C16H26N2O. The maximum Gasteiger partial charge on any atom is 0.221 e. The lowest BCUT2D eigenvalue weighted by Gasteiger charge is -2.13. The van der Waals surface area contributed by atoms with Gasteiger partial charge in [-0.2, -0.15) is 0 Å². The lowest BCUT2D eigenvalue weighted by Crippen LogP contribution is -2.32. The number of aryl methyl sites for hydroxylation is 1. The molecule has 0 aliphatic heterocycles. The molecule has 0 heterocycles. The standard InChI is InChI=1S/C16H26N2O/c1-3-12-18-16(19)11-13-17-14(2)9-10-15-7-5-4-6-8-15/h4-8,14,17H,3,9-13H2,1-2H3,(H,18,19). The average Bonchev–Trinajstić information content (AvgIpc) is 2.44. The van der Waals surface area contributed by atoms with Gasteiger partial charge < -0.3 is 10.6 Å². The Hall–Kier alpha value is -1.35. The van der Waals surface area contributed by atoms with Crippen LogP contribution in [-0.4, -0.2) is 25.0 Å². The molecular weight excluding hydrogens is 236 g/mol. The van der Waals surface area contributed by atoms with Crippen molar-refractivity contribution in [1.82, 2.24) is 10.6 Å².